The van der Waals surface area contributed by atoms with Gasteiger partial charge in [-0.2, -0.15) is 5.26 Å². The van der Waals surface area contributed by atoms with Crippen molar-refractivity contribution in [2.75, 3.05) is 5.32 Å². The summed E-state index contributed by atoms with van der Waals surface area (Å²) in [5, 5.41) is 11.9. The van der Waals surface area contributed by atoms with Crippen molar-refractivity contribution in [2.24, 2.45) is 0 Å². The smallest absolute Gasteiger partial charge is 0.408 e. The second-order valence-corrected chi connectivity index (χ2v) is 4.15. The van der Waals surface area contributed by atoms with E-state index in [0.717, 1.165) is 5.69 Å². The third-order valence-corrected chi connectivity index (χ3v) is 2.64. The van der Waals surface area contributed by atoms with E-state index in [0.29, 0.717) is 22.7 Å². The highest BCUT2D eigenvalue weighted by atomic mass is 16.4. The van der Waals surface area contributed by atoms with Crippen LogP contribution < -0.4 is 11.1 Å². The van der Waals surface area contributed by atoms with Crippen LogP contribution in [0.4, 0.5) is 11.5 Å². The van der Waals surface area contributed by atoms with Crippen molar-refractivity contribution in [3.05, 3.63) is 46.3 Å². The second kappa shape index (κ2) is 4.51. The van der Waals surface area contributed by atoms with Crippen molar-refractivity contribution in [2.45, 2.75) is 6.92 Å². The summed E-state index contributed by atoms with van der Waals surface area (Å²) in [7, 11) is 0. The molecule has 0 amide bonds. The molecule has 0 spiro atoms. The molecular formula is C13H9N5O2. The van der Waals surface area contributed by atoms with Crippen LogP contribution in [0.2, 0.25) is 0 Å². The second-order valence-electron chi connectivity index (χ2n) is 4.15. The molecule has 0 unspecified atom stereocenters. The Morgan fingerprint density at radius 3 is 3.00 bits per heavy atom. The number of aromatic nitrogens is 3. The third-order valence-electron chi connectivity index (χ3n) is 2.64. The van der Waals surface area contributed by atoms with Gasteiger partial charge in [0.05, 0.1) is 5.52 Å². The van der Waals surface area contributed by atoms with Gasteiger partial charge >= 0.3 is 5.76 Å². The zero-order chi connectivity index (χ0) is 14.1. The first-order valence-electron chi connectivity index (χ1n) is 5.80. The molecule has 0 atom stereocenters. The molecule has 3 rings (SSSR count). The number of benzene rings is 1. The van der Waals surface area contributed by atoms with Crippen LogP contribution in [-0.4, -0.2) is 15.0 Å². The SMILES string of the molecule is Cc1nc(C#N)cc(Nc2ccc3oc(=O)[nH]c3c2)n1. The zero-order valence-corrected chi connectivity index (χ0v) is 10.5. The van der Waals surface area contributed by atoms with E-state index in [9.17, 15) is 4.79 Å². The molecule has 2 aromatic heterocycles. The van der Waals surface area contributed by atoms with Crippen LogP contribution in [-0.2, 0) is 0 Å². The van der Waals surface area contributed by atoms with E-state index in [1.807, 2.05) is 6.07 Å². The molecule has 0 saturated heterocycles. The van der Waals surface area contributed by atoms with Gasteiger partial charge in [0, 0.05) is 11.8 Å². The van der Waals surface area contributed by atoms with Crippen LogP contribution in [0, 0.1) is 18.3 Å². The normalized spacial score (nSPS) is 10.4. The van der Waals surface area contributed by atoms with Gasteiger partial charge in [0.25, 0.3) is 0 Å². The van der Waals surface area contributed by atoms with Crippen LogP contribution in [0.1, 0.15) is 11.5 Å². The van der Waals surface area contributed by atoms with Gasteiger partial charge in [-0.3, -0.25) is 4.98 Å². The van der Waals surface area contributed by atoms with Gasteiger partial charge in [-0.15, -0.1) is 0 Å². The molecular weight excluding hydrogens is 258 g/mol. The van der Waals surface area contributed by atoms with Gasteiger partial charge in [0.1, 0.15) is 23.4 Å². The number of nitriles is 1. The van der Waals surface area contributed by atoms with Gasteiger partial charge in [0.15, 0.2) is 5.58 Å². The highest BCUT2D eigenvalue weighted by molar-refractivity contribution is 5.78. The Morgan fingerprint density at radius 2 is 2.20 bits per heavy atom. The molecule has 0 bridgehead atoms. The highest BCUT2D eigenvalue weighted by Gasteiger charge is 2.05. The first kappa shape index (κ1) is 11.9. The number of anilines is 2. The van der Waals surface area contributed by atoms with E-state index in [-0.39, 0.29) is 5.69 Å². The molecule has 7 heteroatoms. The Balaban J connectivity index is 1.98. The molecule has 1 aromatic carbocycles. The summed E-state index contributed by atoms with van der Waals surface area (Å²) in [5.41, 5.74) is 2.08. The minimum atomic E-state index is -0.498. The van der Waals surface area contributed by atoms with Crippen molar-refractivity contribution in [3.63, 3.8) is 0 Å². The van der Waals surface area contributed by atoms with Gasteiger partial charge in [0.2, 0.25) is 0 Å². The predicted octanol–water partition coefficient (Wildman–Crippen LogP) is 1.83. The lowest BCUT2D eigenvalue weighted by Gasteiger charge is -2.06. The average Bonchev–Trinajstić information content (AvgIpc) is 2.77. The fourth-order valence-electron chi connectivity index (χ4n) is 1.87. The van der Waals surface area contributed by atoms with E-state index in [2.05, 4.69) is 20.3 Å². The predicted molar refractivity (Wildman–Crippen MR) is 71.6 cm³/mol. The summed E-state index contributed by atoms with van der Waals surface area (Å²) < 4.78 is 4.92. The largest absolute Gasteiger partial charge is 0.417 e. The number of H-pyrrole nitrogens is 1. The van der Waals surface area contributed by atoms with Crippen LogP contribution in [0.5, 0.6) is 0 Å². The molecule has 0 saturated carbocycles. The molecule has 3 aromatic rings. The lowest BCUT2D eigenvalue weighted by atomic mass is 10.3. The van der Waals surface area contributed by atoms with Crippen molar-refractivity contribution in [1.82, 2.24) is 15.0 Å². The summed E-state index contributed by atoms with van der Waals surface area (Å²) in [5.74, 6) is 0.519. The number of rotatable bonds is 2. The molecule has 98 valence electrons. The van der Waals surface area contributed by atoms with E-state index in [1.165, 1.54) is 0 Å². The Morgan fingerprint density at radius 1 is 1.35 bits per heavy atom. The molecule has 0 aliphatic carbocycles. The maximum atomic E-state index is 11.1. The number of hydrogen-bond acceptors (Lipinski definition) is 6. The molecule has 2 N–H and O–H groups in total. The quantitative estimate of drug-likeness (QED) is 0.733. The van der Waals surface area contributed by atoms with Gasteiger partial charge in [-0.25, -0.2) is 14.8 Å². The van der Waals surface area contributed by atoms with E-state index < -0.39 is 5.76 Å². The number of fused-ring (bicyclic) bond motifs is 1. The number of aryl methyl sites for hydroxylation is 1. The fourth-order valence-corrected chi connectivity index (χ4v) is 1.87. The van der Waals surface area contributed by atoms with E-state index in [4.69, 9.17) is 9.68 Å². The lowest BCUT2D eigenvalue weighted by Crippen LogP contribution is -1.99. The molecule has 7 nitrogen and oxygen atoms in total. The summed E-state index contributed by atoms with van der Waals surface area (Å²) in [6.07, 6.45) is 0. The maximum Gasteiger partial charge on any atom is 0.417 e. The summed E-state index contributed by atoms with van der Waals surface area (Å²) in [4.78, 5) is 21.8. The van der Waals surface area contributed by atoms with Crippen molar-refractivity contribution >= 4 is 22.6 Å². The Kier molecular flexibility index (Phi) is 2.69. The summed E-state index contributed by atoms with van der Waals surface area (Å²) in [6.45, 7) is 1.71. The van der Waals surface area contributed by atoms with Crippen LogP contribution in [0.15, 0.2) is 33.5 Å². The number of nitrogens with zero attached hydrogens (tertiary/aromatic N) is 3. The van der Waals surface area contributed by atoms with Gasteiger partial charge < -0.3 is 9.73 Å². The molecule has 20 heavy (non-hydrogen) atoms. The first-order chi connectivity index (χ1) is 9.64. The van der Waals surface area contributed by atoms with Gasteiger partial charge in [-0.05, 0) is 25.1 Å². The van der Waals surface area contributed by atoms with Crippen LogP contribution >= 0.6 is 0 Å². The van der Waals surface area contributed by atoms with Crippen molar-refractivity contribution < 1.29 is 4.42 Å². The van der Waals surface area contributed by atoms with Gasteiger partial charge in [-0.1, -0.05) is 0 Å². The third kappa shape index (κ3) is 2.22. The molecule has 0 fully saturated rings. The van der Waals surface area contributed by atoms with Crippen molar-refractivity contribution in [3.8, 4) is 6.07 Å². The molecule has 2 heterocycles. The average molecular weight is 267 g/mol. The number of aromatic amines is 1. The fraction of sp³-hybridized carbons (Fsp3) is 0.0769. The molecule has 0 aliphatic heterocycles. The summed E-state index contributed by atoms with van der Waals surface area (Å²) in [6, 6.07) is 8.68. The minimum Gasteiger partial charge on any atom is -0.408 e. The summed E-state index contributed by atoms with van der Waals surface area (Å²) >= 11 is 0. The monoisotopic (exact) mass is 267 g/mol. The highest BCUT2D eigenvalue weighted by Crippen LogP contribution is 2.19. The van der Waals surface area contributed by atoms with E-state index >= 15 is 0 Å². The lowest BCUT2D eigenvalue weighted by molar-refractivity contribution is 0.555. The Hall–Kier alpha value is -3.14. The molecule has 0 radical (unpaired) electrons. The van der Waals surface area contributed by atoms with E-state index in [1.54, 1.807) is 31.2 Å². The van der Waals surface area contributed by atoms with Crippen molar-refractivity contribution in [1.29, 1.82) is 5.26 Å². The van der Waals surface area contributed by atoms with Crippen LogP contribution in [0.3, 0.4) is 0 Å². The number of hydrogen-bond donors (Lipinski definition) is 2. The molecule has 0 aliphatic rings. The zero-order valence-electron chi connectivity index (χ0n) is 10.5. The minimum absolute atomic E-state index is 0.290. The topological polar surface area (TPSA) is 108 Å². The number of nitrogens with one attached hydrogen (secondary N) is 2. The maximum absolute atomic E-state index is 11.1. The Labute approximate surface area is 112 Å². The number of oxazole rings is 1. The van der Waals surface area contributed by atoms with Crippen LogP contribution in [0.25, 0.3) is 11.1 Å². The first-order valence-corrected chi connectivity index (χ1v) is 5.80. The Bertz CT molecular complexity index is 888. The standard InChI is InChI=1S/C13H9N5O2/c1-7-15-9(6-14)5-12(16-7)17-8-2-3-11-10(4-8)18-13(19)20-11/h2-5H,1H3,(H,18,19)(H,15,16,17).